The van der Waals surface area contributed by atoms with Crippen LogP contribution in [0, 0.1) is 5.82 Å². The van der Waals surface area contributed by atoms with Crippen LogP contribution in [-0.4, -0.2) is 35.0 Å². The molecule has 2 aliphatic heterocycles. The average molecular weight is 490 g/mol. The number of nitrogens with one attached hydrogen (secondary N) is 2. The van der Waals surface area contributed by atoms with E-state index in [0.717, 1.165) is 29.6 Å². The van der Waals surface area contributed by atoms with Gasteiger partial charge in [-0.05, 0) is 42.0 Å². The summed E-state index contributed by atoms with van der Waals surface area (Å²) in [6, 6.07) is 18.8. The number of thiophene rings is 1. The van der Waals surface area contributed by atoms with Gasteiger partial charge in [0.1, 0.15) is 11.9 Å². The fourth-order valence-corrected chi connectivity index (χ4v) is 6.68. The number of rotatable bonds is 5. The number of benzene rings is 2. The van der Waals surface area contributed by atoms with E-state index < -0.39 is 6.04 Å². The molecular formula is C28H28FN3O2S. The van der Waals surface area contributed by atoms with Crippen molar-refractivity contribution in [1.29, 1.82) is 0 Å². The van der Waals surface area contributed by atoms with Crippen molar-refractivity contribution in [2.75, 3.05) is 7.11 Å². The van der Waals surface area contributed by atoms with E-state index in [0.29, 0.717) is 18.4 Å². The van der Waals surface area contributed by atoms with E-state index >= 15 is 4.39 Å². The minimum Gasteiger partial charge on any atom is -0.468 e. The summed E-state index contributed by atoms with van der Waals surface area (Å²) in [7, 11) is 1.44. The Morgan fingerprint density at radius 3 is 2.71 bits per heavy atom. The molecule has 2 aromatic carbocycles. The minimum atomic E-state index is -0.473. The number of hydrogen-bond acceptors (Lipinski definition) is 5. The highest BCUT2D eigenvalue weighted by Crippen LogP contribution is 2.49. The summed E-state index contributed by atoms with van der Waals surface area (Å²) in [6.07, 6.45) is 2.08. The molecule has 0 aliphatic carbocycles. The van der Waals surface area contributed by atoms with Gasteiger partial charge in [-0.25, -0.2) is 4.39 Å². The van der Waals surface area contributed by atoms with Crippen LogP contribution in [0.2, 0.25) is 0 Å². The van der Waals surface area contributed by atoms with Crippen molar-refractivity contribution in [1.82, 2.24) is 15.2 Å². The van der Waals surface area contributed by atoms with Gasteiger partial charge in [-0.2, -0.15) is 0 Å². The molecule has 4 aromatic rings. The van der Waals surface area contributed by atoms with Crippen LogP contribution in [0.3, 0.4) is 0 Å². The molecule has 1 fully saturated rings. The molecular weight excluding hydrogens is 461 g/mol. The van der Waals surface area contributed by atoms with Crippen molar-refractivity contribution in [2.24, 2.45) is 0 Å². The fourth-order valence-electron chi connectivity index (χ4n) is 6.02. The van der Waals surface area contributed by atoms with Crippen LogP contribution in [-0.2, 0) is 22.5 Å². The second-order valence-corrected chi connectivity index (χ2v) is 10.5. The van der Waals surface area contributed by atoms with Gasteiger partial charge in [-0.1, -0.05) is 42.5 Å². The van der Waals surface area contributed by atoms with Gasteiger partial charge in [-0.3, -0.25) is 9.69 Å². The molecule has 5 nitrogen and oxygen atoms in total. The summed E-state index contributed by atoms with van der Waals surface area (Å²) >= 11 is 1.73. The van der Waals surface area contributed by atoms with E-state index in [-0.39, 0.29) is 29.9 Å². The molecule has 35 heavy (non-hydrogen) atoms. The second-order valence-electron chi connectivity index (χ2n) is 9.43. The Bertz CT molecular complexity index is 1350. The summed E-state index contributed by atoms with van der Waals surface area (Å²) in [5.41, 5.74) is 4.01. The lowest BCUT2D eigenvalue weighted by Crippen LogP contribution is -2.55. The maximum absolute atomic E-state index is 15.2. The maximum atomic E-state index is 15.2. The zero-order chi connectivity index (χ0) is 23.9. The molecule has 0 unspecified atom stereocenters. The molecule has 7 heteroatoms. The van der Waals surface area contributed by atoms with E-state index in [2.05, 4.69) is 44.8 Å². The van der Waals surface area contributed by atoms with E-state index in [1.165, 1.54) is 23.6 Å². The third-order valence-corrected chi connectivity index (χ3v) is 8.43. The topological polar surface area (TPSA) is 57.4 Å². The van der Waals surface area contributed by atoms with E-state index in [4.69, 9.17) is 4.74 Å². The average Bonchev–Trinajstić information content (AvgIpc) is 3.54. The van der Waals surface area contributed by atoms with Gasteiger partial charge < -0.3 is 15.0 Å². The maximum Gasteiger partial charge on any atom is 0.323 e. The number of aromatic amines is 1. The monoisotopic (exact) mass is 489 g/mol. The Labute approximate surface area is 207 Å². The van der Waals surface area contributed by atoms with E-state index in [1.807, 2.05) is 24.3 Å². The third kappa shape index (κ3) is 3.97. The fraction of sp³-hybridized carbons (Fsp3) is 0.321. The van der Waals surface area contributed by atoms with Crippen LogP contribution in [0.4, 0.5) is 4.39 Å². The number of piperidine rings is 1. The predicted octanol–water partition coefficient (Wildman–Crippen LogP) is 5.50. The van der Waals surface area contributed by atoms with Crippen molar-refractivity contribution in [3.63, 3.8) is 0 Å². The number of carbonyl (C=O) groups excluding carboxylic acids is 1. The Hall–Kier alpha value is -3.00. The first kappa shape index (κ1) is 22.5. The van der Waals surface area contributed by atoms with Gasteiger partial charge in [-0.15, -0.1) is 11.3 Å². The van der Waals surface area contributed by atoms with E-state index in [9.17, 15) is 4.79 Å². The normalized spacial score (nSPS) is 24.2. The van der Waals surface area contributed by atoms with Crippen molar-refractivity contribution < 1.29 is 13.9 Å². The van der Waals surface area contributed by atoms with Gasteiger partial charge in [0.2, 0.25) is 0 Å². The molecule has 6 rings (SSSR count). The van der Waals surface area contributed by atoms with Gasteiger partial charge in [0, 0.05) is 52.1 Å². The SMILES string of the molecule is COC(=O)[C@@H]1Cc2c([nH]c3ccccc23)[C@H]2C[C@@H](NCc3cccs3)C[C@@H](c3ccccc3F)N21. The molecule has 180 valence electrons. The number of esters is 1. The lowest BCUT2D eigenvalue weighted by molar-refractivity contribution is -0.152. The summed E-state index contributed by atoms with van der Waals surface area (Å²) < 4.78 is 20.5. The number of hydrogen-bond donors (Lipinski definition) is 2. The van der Waals surface area contributed by atoms with Crippen LogP contribution in [0.1, 0.15) is 46.6 Å². The molecule has 2 aliphatic rings. The first-order valence-electron chi connectivity index (χ1n) is 12.1. The molecule has 0 amide bonds. The van der Waals surface area contributed by atoms with Gasteiger partial charge in [0.05, 0.1) is 13.2 Å². The number of aromatic nitrogens is 1. The smallest absolute Gasteiger partial charge is 0.323 e. The van der Waals surface area contributed by atoms with Crippen LogP contribution in [0.5, 0.6) is 0 Å². The second kappa shape index (κ2) is 9.22. The Kier molecular flexibility index (Phi) is 5.92. The molecule has 2 N–H and O–H groups in total. The number of halogens is 1. The highest BCUT2D eigenvalue weighted by Gasteiger charge is 2.48. The molecule has 0 bridgehead atoms. The Balaban J connectivity index is 1.46. The standard InChI is InChI=1S/C28H28FN3O2S/c1-34-28(33)26-15-21-19-8-3-5-11-23(19)31-27(21)25-14-17(30-16-18-7-6-12-35-18)13-24(32(25)26)20-9-2-4-10-22(20)29/h2-12,17,24-26,30-31H,13-16H2,1H3/t17-,24-,25+,26-/m0/s1. The Morgan fingerprint density at radius 2 is 1.91 bits per heavy atom. The molecule has 1 saturated heterocycles. The van der Waals surface area contributed by atoms with Crippen molar-refractivity contribution in [2.45, 2.75) is 50.0 Å². The van der Waals surface area contributed by atoms with Crippen LogP contribution in [0.15, 0.2) is 66.0 Å². The molecule has 0 spiro atoms. The zero-order valence-corrected chi connectivity index (χ0v) is 20.4. The number of nitrogens with zero attached hydrogens (tertiary/aromatic N) is 1. The molecule has 0 radical (unpaired) electrons. The minimum absolute atomic E-state index is 0.0607. The van der Waals surface area contributed by atoms with Gasteiger partial charge in [0.15, 0.2) is 0 Å². The van der Waals surface area contributed by atoms with E-state index in [1.54, 1.807) is 17.4 Å². The van der Waals surface area contributed by atoms with Gasteiger partial charge in [0.25, 0.3) is 0 Å². The summed E-state index contributed by atoms with van der Waals surface area (Å²) in [6.45, 7) is 0.777. The molecule has 2 aromatic heterocycles. The number of carbonyl (C=O) groups is 1. The molecule has 4 atom stereocenters. The first-order chi connectivity index (χ1) is 17.1. The predicted molar refractivity (Wildman–Crippen MR) is 136 cm³/mol. The lowest BCUT2D eigenvalue weighted by Gasteiger charge is -2.50. The zero-order valence-electron chi connectivity index (χ0n) is 19.5. The number of fused-ring (bicyclic) bond motifs is 5. The highest BCUT2D eigenvalue weighted by atomic mass is 32.1. The van der Waals surface area contributed by atoms with Crippen molar-refractivity contribution in [3.8, 4) is 0 Å². The van der Waals surface area contributed by atoms with Crippen LogP contribution in [0.25, 0.3) is 10.9 Å². The summed E-state index contributed by atoms with van der Waals surface area (Å²) in [4.78, 5) is 20.3. The van der Waals surface area contributed by atoms with Gasteiger partial charge >= 0.3 is 5.97 Å². The summed E-state index contributed by atoms with van der Waals surface area (Å²) in [5, 5.41) is 6.96. The number of para-hydroxylation sites is 1. The Morgan fingerprint density at radius 1 is 1.11 bits per heavy atom. The highest BCUT2D eigenvalue weighted by molar-refractivity contribution is 7.09. The number of ether oxygens (including phenoxy) is 1. The van der Waals surface area contributed by atoms with Crippen LogP contribution >= 0.6 is 11.3 Å². The third-order valence-electron chi connectivity index (χ3n) is 7.56. The quantitative estimate of drug-likeness (QED) is 0.364. The number of methoxy groups -OCH3 is 1. The molecule has 4 heterocycles. The largest absolute Gasteiger partial charge is 0.468 e. The van der Waals surface area contributed by atoms with Crippen molar-refractivity contribution >= 4 is 28.2 Å². The first-order valence-corrected chi connectivity index (χ1v) is 13.0. The molecule has 0 saturated carbocycles. The van der Waals surface area contributed by atoms with Crippen LogP contribution < -0.4 is 5.32 Å². The summed E-state index contributed by atoms with van der Waals surface area (Å²) in [5.74, 6) is -0.501. The van der Waals surface area contributed by atoms with Crippen molar-refractivity contribution in [3.05, 3.63) is 93.6 Å². The number of H-pyrrole nitrogens is 1. The lowest BCUT2D eigenvalue weighted by atomic mass is 9.79.